The van der Waals surface area contributed by atoms with Crippen molar-refractivity contribution in [2.24, 2.45) is 5.10 Å². The van der Waals surface area contributed by atoms with Gasteiger partial charge in [-0.15, -0.1) is 0 Å². The Hall–Kier alpha value is -3.47. The summed E-state index contributed by atoms with van der Waals surface area (Å²) in [5.41, 5.74) is 7.42. The number of aryl methyl sites for hydroxylation is 4. The number of hydrogen-bond donors (Lipinski definition) is 1. The number of nitrogens with zero attached hydrogens (tertiary/aromatic N) is 6. The molecule has 28 heavy (non-hydrogen) atoms. The summed E-state index contributed by atoms with van der Waals surface area (Å²) in [6.45, 7) is 9.18. The van der Waals surface area contributed by atoms with E-state index in [1.165, 1.54) is 0 Å². The molecule has 8 nitrogen and oxygen atoms in total. The minimum Gasteiger partial charge on any atom is -0.329 e. The van der Waals surface area contributed by atoms with Crippen molar-refractivity contribution in [1.82, 2.24) is 24.8 Å². The normalized spacial score (nSPS) is 11.2. The Bertz CT molecular complexity index is 1100. The van der Waals surface area contributed by atoms with Crippen LogP contribution in [0.3, 0.4) is 0 Å². The van der Waals surface area contributed by atoms with Crippen LogP contribution < -0.4 is 5.43 Å². The molecule has 0 unspecified atom stereocenters. The molecule has 0 radical (unpaired) electrons. The molecule has 0 aliphatic carbocycles. The zero-order valence-corrected chi connectivity index (χ0v) is 16.5. The summed E-state index contributed by atoms with van der Waals surface area (Å²) in [6.07, 6.45) is 1.98. The summed E-state index contributed by atoms with van der Waals surface area (Å²) in [7, 11) is 0. The molecule has 0 atom stereocenters. The predicted octanol–water partition coefficient (Wildman–Crippen LogP) is 2.86. The van der Waals surface area contributed by atoms with Crippen LogP contribution in [0.15, 0.2) is 23.3 Å². The fourth-order valence-electron chi connectivity index (χ4n) is 3.28. The molecule has 0 saturated heterocycles. The smallest absolute Gasteiger partial charge is 0.271 e. The molecule has 3 rings (SSSR count). The van der Waals surface area contributed by atoms with E-state index in [1.54, 1.807) is 23.0 Å². The molecule has 0 spiro atoms. The number of fused-ring (bicyclic) bond motifs is 1. The highest BCUT2D eigenvalue weighted by Gasteiger charge is 2.12. The van der Waals surface area contributed by atoms with Gasteiger partial charge in [-0.2, -0.15) is 15.5 Å². The fourth-order valence-corrected chi connectivity index (χ4v) is 3.28. The fraction of sp³-hybridized carbons (Fsp3) is 0.350. The van der Waals surface area contributed by atoms with Gasteiger partial charge in [-0.05, 0) is 45.9 Å². The molecule has 0 bridgehead atoms. The highest BCUT2D eigenvalue weighted by atomic mass is 16.2. The Kier molecular flexibility index (Phi) is 5.54. The molecule has 8 heteroatoms. The van der Waals surface area contributed by atoms with E-state index >= 15 is 0 Å². The van der Waals surface area contributed by atoms with Crippen LogP contribution in [0, 0.1) is 32.1 Å². The summed E-state index contributed by atoms with van der Waals surface area (Å²) < 4.78 is 3.88. The average molecular weight is 377 g/mol. The number of hydrazone groups is 1. The number of rotatable bonds is 6. The maximum atomic E-state index is 12.4. The molecule has 0 fully saturated rings. The van der Waals surface area contributed by atoms with Crippen molar-refractivity contribution in [1.29, 1.82) is 5.26 Å². The van der Waals surface area contributed by atoms with Gasteiger partial charge in [0, 0.05) is 23.4 Å². The van der Waals surface area contributed by atoms with E-state index in [-0.39, 0.29) is 5.91 Å². The Morgan fingerprint density at radius 3 is 2.86 bits per heavy atom. The highest BCUT2D eigenvalue weighted by molar-refractivity contribution is 5.98. The van der Waals surface area contributed by atoms with E-state index in [9.17, 15) is 4.79 Å². The lowest BCUT2D eigenvalue weighted by atomic mass is 10.2. The van der Waals surface area contributed by atoms with Crippen molar-refractivity contribution < 1.29 is 4.79 Å². The largest absolute Gasteiger partial charge is 0.329 e. The zero-order valence-electron chi connectivity index (χ0n) is 16.5. The second-order valence-corrected chi connectivity index (χ2v) is 6.52. The van der Waals surface area contributed by atoms with Gasteiger partial charge in [0.05, 0.1) is 42.0 Å². The number of carbonyl (C=O) groups is 1. The quantitative estimate of drug-likeness (QED) is 0.527. The van der Waals surface area contributed by atoms with Crippen molar-refractivity contribution >= 4 is 23.2 Å². The van der Waals surface area contributed by atoms with Crippen LogP contribution in [0.25, 0.3) is 11.0 Å². The Morgan fingerprint density at radius 2 is 2.14 bits per heavy atom. The maximum absolute atomic E-state index is 12.4. The number of hydrogen-bond acceptors (Lipinski definition) is 5. The topological polar surface area (TPSA) is 101 Å². The van der Waals surface area contributed by atoms with Gasteiger partial charge in [0.25, 0.3) is 5.91 Å². The van der Waals surface area contributed by atoms with Gasteiger partial charge in [-0.3, -0.25) is 9.48 Å². The number of nitrogens with one attached hydrogen (secondary N) is 1. The number of imidazole rings is 1. The molecule has 1 N–H and O–H groups in total. The first-order chi connectivity index (χ1) is 13.5. The van der Waals surface area contributed by atoms with Crippen LogP contribution >= 0.6 is 0 Å². The molecule has 1 amide bonds. The second kappa shape index (κ2) is 8.05. The van der Waals surface area contributed by atoms with Crippen LogP contribution in [0.5, 0.6) is 0 Å². The van der Waals surface area contributed by atoms with E-state index in [0.717, 1.165) is 40.4 Å². The Morgan fingerprint density at radius 1 is 1.36 bits per heavy atom. The first-order valence-corrected chi connectivity index (χ1v) is 9.17. The minimum atomic E-state index is -0.297. The SMILES string of the molecule is CCn1c(C)nc2cc(C(=O)N/N=C/c3c(C)nn(CCC#N)c3C)ccc21. The van der Waals surface area contributed by atoms with E-state index in [4.69, 9.17) is 5.26 Å². The van der Waals surface area contributed by atoms with Crippen molar-refractivity contribution in [3.8, 4) is 6.07 Å². The van der Waals surface area contributed by atoms with E-state index < -0.39 is 0 Å². The minimum absolute atomic E-state index is 0.297. The monoisotopic (exact) mass is 377 g/mol. The first-order valence-electron chi connectivity index (χ1n) is 9.17. The van der Waals surface area contributed by atoms with Crippen molar-refractivity contribution in [3.63, 3.8) is 0 Å². The molecule has 2 heterocycles. The molecule has 1 aromatic carbocycles. The molecule has 2 aromatic heterocycles. The lowest BCUT2D eigenvalue weighted by molar-refractivity contribution is 0.0955. The molecule has 0 aliphatic rings. The maximum Gasteiger partial charge on any atom is 0.271 e. The summed E-state index contributed by atoms with van der Waals surface area (Å²) in [6, 6.07) is 7.57. The summed E-state index contributed by atoms with van der Waals surface area (Å²) in [5.74, 6) is 0.626. The van der Waals surface area contributed by atoms with Gasteiger partial charge in [-0.25, -0.2) is 10.4 Å². The van der Waals surface area contributed by atoms with Crippen LogP contribution in [0.4, 0.5) is 0 Å². The Labute approximate surface area is 163 Å². The van der Waals surface area contributed by atoms with E-state index in [1.807, 2.05) is 26.8 Å². The van der Waals surface area contributed by atoms with Crippen molar-refractivity contribution in [2.45, 2.75) is 47.2 Å². The average Bonchev–Trinajstić information content (AvgIpc) is 3.14. The van der Waals surface area contributed by atoms with Crippen LogP contribution in [0.1, 0.15) is 46.5 Å². The summed E-state index contributed by atoms with van der Waals surface area (Å²) >= 11 is 0. The third-order valence-corrected chi connectivity index (χ3v) is 4.75. The highest BCUT2D eigenvalue weighted by Crippen LogP contribution is 2.18. The molecular formula is C20H23N7O. The molecule has 3 aromatic rings. The van der Waals surface area contributed by atoms with Gasteiger partial charge < -0.3 is 4.57 Å². The van der Waals surface area contributed by atoms with Gasteiger partial charge in [-0.1, -0.05) is 0 Å². The summed E-state index contributed by atoms with van der Waals surface area (Å²) in [4.78, 5) is 17.0. The number of aromatic nitrogens is 4. The number of nitriles is 1. The van der Waals surface area contributed by atoms with Crippen molar-refractivity contribution in [2.75, 3.05) is 0 Å². The lowest BCUT2D eigenvalue weighted by Gasteiger charge is -2.03. The third-order valence-electron chi connectivity index (χ3n) is 4.75. The zero-order chi connectivity index (χ0) is 20.3. The standard InChI is InChI=1S/C20H23N7O/c1-5-26-15(4)23-18-11-16(7-8-19(18)26)20(28)24-22-12-17-13(2)25-27(14(17)3)10-6-9-21/h7-8,11-12H,5-6,10H2,1-4H3,(H,24,28)/b22-12+. The van der Waals surface area contributed by atoms with Crippen molar-refractivity contribution in [3.05, 3.63) is 46.5 Å². The van der Waals surface area contributed by atoms with Gasteiger partial charge in [0.1, 0.15) is 5.82 Å². The van der Waals surface area contributed by atoms with Gasteiger partial charge >= 0.3 is 0 Å². The number of benzene rings is 1. The van der Waals surface area contributed by atoms with E-state index in [2.05, 4.69) is 38.2 Å². The number of carbonyl (C=O) groups excluding carboxylic acids is 1. The molecular weight excluding hydrogens is 354 g/mol. The molecule has 0 saturated carbocycles. The van der Waals surface area contributed by atoms with Crippen LogP contribution in [0.2, 0.25) is 0 Å². The van der Waals surface area contributed by atoms with E-state index in [0.29, 0.717) is 18.5 Å². The van der Waals surface area contributed by atoms with Crippen LogP contribution in [-0.2, 0) is 13.1 Å². The molecule has 0 aliphatic heterocycles. The first kappa shape index (κ1) is 19.3. The summed E-state index contributed by atoms with van der Waals surface area (Å²) in [5, 5.41) is 17.2. The number of amides is 1. The van der Waals surface area contributed by atoms with Crippen LogP contribution in [-0.4, -0.2) is 31.5 Å². The Balaban J connectivity index is 1.75. The molecule has 144 valence electrons. The third kappa shape index (κ3) is 3.64. The second-order valence-electron chi connectivity index (χ2n) is 6.52. The van der Waals surface area contributed by atoms with Gasteiger partial charge in [0.15, 0.2) is 0 Å². The lowest BCUT2D eigenvalue weighted by Crippen LogP contribution is -2.17. The predicted molar refractivity (Wildman–Crippen MR) is 107 cm³/mol. The van der Waals surface area contributed by atoms with Gasteiger partial charge in [0.2, 0.25) is 0 Å².